The molecule has 3 aliphatic rings. The molecule has 0 aromatic heterocycles. The van der Waals surface area contributed by atoms with Crippen molar-refractivity contribution in [3.63, 3.8) is 0 Å². The van der Waals surface area contributed by atoms with Crippen LogP contribution in [-0.4, -0.2) is 36.9 Å². The molecule has 0 amide bonds. The number of aliphatic carboxylic acids is 1. The van der Waals surface area contributed by atoms with Gasteiger partial charge in [-0.1, -0.05) is 18.2 Å². The minimum absolute atomic E-state index is 0.00214. The molecule has 0 radical (unpaired) electrons. The maximum atomic E-state index is 14.7. The number of nitriles is 1. The standard InChI is InChI=1S/C25H25FN2O4/c1-31-17-7-18(8-17)32-19-9-23(26)22(12-27)24(10-19)28-5-4-14-6-15(2-3-16(14)13-28)20-11-21(20)25(29)30/h2-3,6,9-10,17-18,20-21H,4-5,7-8,11,13H2,1H3,(H,29,30)/t17?,18?,20-,21+/m0/s1. The van der Waals surface area contributed by atoms with Crippen LogP contribution in [0.25, 0.3) is 0 Å². The van der Waals surface area contributed by atoms with Crippen molar-refractivity contribution in [2.45, 2.75) is 50.4 Å². The molecule has 5 rings (SSSR count). The zero-order valence-corrected chi connectivity index (χ0v) is 17.9. The Morgan fingerprint density at radius 3 is 2.69 bits per heavy atom. The number of hydrogen-bond donors (Lipinski definition) is 1. The van der Waals surface area contributed by atoms with E-state index < -0.39 is 11.8 Å². The second kappa shape index (κ2) is 8.10. The van der Waals surface area contributed by atoms with Crippen LogP contribution in [0.3, 0.4) is 0 Å². The fraction of sp³-hybridized carbons (Fsp3) is 0.440. The summed E-state index contributed by atoms with van der Waals surface area (Å²) < 4.78 is 25.9. The summed E-state index contributed by atoms with van der Waals surface area (Å²) in [5, 5.41) is 18.8. The number of methoxy groups -OCH3 is 1. The number of nitrogens with zero attached hydrogens (tertiary/aromatic N) is 2. The van der Waals surface area contributed by atoms with E-state index in [-0.39, 0.29) is 29.6 Å². The molecule has 2 saturated carbocycles. The van der Waals surface area contributed by atoms with Gasteiger partial charge in [-0.25, -0.2) is 4.39 Å². The minimum atomic E-state index is -0.730. The lowest BCUT2D eigenvalue weighted by molar-refractivity contribution is -0.138. The van der Waals surface area contributed by atoms with E-state index in [0.29, 0.717) is 30.9 Å². The average Bonchev–Trinajstić information content (AvgIpc) is 3.56. The van der Waals surface area contributed by atoms with Gasteiger partial charge in [0.05, 0.1) is 17.7 Å². The van der Waals surface area contributed by atoms with Crippen LogP contribution in [0.5, 0.6) is 5.75 Å². The van der Waals surface area contributed by atoms with Gasteiger partial charge in [-0.2, -0.15) is 5.26 Å². The third kappa shape index (κ3) is 3.80. The van der Waals surface area contributed by atoms with Gasteiger partial charge in [0.2, 0.25) is 0 Å². The molecular weight excluding hydrogens is 411 g/mol. The molecule has 0 unspecified atom stereocenters. The van der Waals surface area contributed by atoms with E-state index in [9.17, 15) is 19.6 Å². The summed E-state index contributed by atoms with van der Waals surface area (Å²) in [6, 6.07) is 11.2. The number of anilines is 1. The number of benzene rings is 2. The molecule has 2 fully saturated rings. The second-order valence-electron chi connectivity index (χ2n) is 8.97. The van der Waals surface area contributed by atoms with Crippen LogP contribution in [0.1, 0.15) is 47.4 Å². The summed E-state index contributed by atoms with van der Waals surface area (Å²) in [6.07, 6.45) is 3.19. The van der Waals surface area contributed by atoms with Gasteiger partial charge in [0.25, 0.3) is 0 Å². The number of carbonyl (C=O) groups is 1. The lowest BCUT2D eigenvalue weighted by atomic mass is 9.92. The van der Waals surface area contributed by atoms with Crippen molar-refractivity contribution in [2.24, 2.45) is 5.92 Å². The number of fused-ring (bicyclic) bond motifs is 1. The molecule has 0 bridgehead atoms. The molecule has 1 aliphatic heterocycles. The van der Waals surface area contributed by atoms with Crippen LogP contribution < -0.4 is 9.64 Å². The Morgan fingerprint density at radius 1 is 1.19 bits per heavy atom. The highest BCUT2D eigenvalue weighted by molar-refractivity contribution is 5.75. The molecule has 0 spiro atoms. The van der Waals surface area contributed by atoms with Gasteiger partial charge in [0, 0.05) is 45.2 Å². The Labute approximate surface area is 186 Å². The van der Waals surface area contributed by atoms with Crippen molar-refractivity contribution in [3.05, 3.63) is 58.4 Å². The predicted octanol–water partition coefficient (Wildman–Crippen LogP) is 4.00. The third-order valence-electron chi connectivity index (χ3n) is 6.96. The molecule has 2 aliphatic carbocycles. The van der Waals surface area contributed by atoms with Gasteiger partial charge in [-0.05, 0) is 35.4 Å². The maximum absolute atomic E-state index is 14.7. The van der Waals surface area contributed by atoms with E-state index in [1.807, 2.05) is 23.1 Å². The molecule has 7 heteroatoms. The Bertz CT molecular complexity index is 1110. The summed E-state index contributed by atoms with van der Waals surface area (Å²) in [7, 11) is 1.67. The van der Waals surface area contributed by atoms with E-state index in [0.717, 1.165) is 30.4 Å². The Morgan fingerprint density at radius 2 is 2.00 bits per heavy atom. The first kappa shape index (κ1) is 20.8. The van der Waals surface area contributed by atoms with Gasteiger partial charge in [-0.3, -0.25) is 4.79 Å². The first-order valence-electron chi connectivity index (χ1n) is 11.0. The Kier molecular flexibility index (Phi) is 5.26. The van der Waals surface area contributed by atoms with E-state index >= 15 is 0 Å². The van der Waals surface area contributed by atoms with Gasteiger partial charge in [-0.15, -0.1) is 0 Å². The molecule has 32 heavy (non-hydrogen) atoms. The van der Waals surface area contributed by atoms with Crippen molar-refractivity contribution in [1.82, 2.24) is 0 Å². The first-order chi connectivity index (χ1) is 15.5. The van der Waals surface area contributed by atoms with E-state index in [4.69, 9.17) is 9.47 Å². The number of ether oxygens (including phenoxy) is 2. The number of rotatable bonds is 6. The summed E-state index contributed by atoms with van der Waals surface area (Å²) in [5.41, 5.74) is 3.97. The quantitative estimate of drug-likeness (QED) is 0.737. The molecule has 2 aromatic rings. The zero-order valence-electron chi connectivity index (χ0n) is 17.9. The van der Waals surface area contributed by atoms with Crippen molar-refractivity contribution in [2.75, 3.05) is 18.6 Å². The predicted molar refractivity (Wildman–Crippen MR) is 115 cm³/mol. The minimum Gasteiger partial charge on any atom is -0.490 e. The van der Waals surface area contributed by atoms with Gasteiger partial charge in [0.1, 0.15) is 29.3 Å². The summed E-state index contributed by atoms with van der Waals surface area (Å²) in [6.45, 7) is 1.21. The molecule has 1 heterocycles. The van der Waals surface area contributed by atoms with E-state index in [1.54, 1.807) is 13.2 Å². The smallest absolute Gasteiger partial charge is 0.307 e. The van der Waals surface area contributed by atoms with Crippen LogP contribution >= 0.6 is 0 Å². The highest BCUT2D eigenvalue weighted by Gasteiger charge is 2.44. The SMILES string of the molecule is COC1CC(Oc2cc(F)c(C#N)c(N3CCc4cc([C@@H]5C[C@H]5C(=O)O)ccc4C3)c2)C1. The maximum Gasteiger partial charge on any atom is 0.307 e. The highest BCUT2D eigenvalue weighted by atomic mass is 19.1. The number of carboxylic acids is 1. The molecule has 2 atom stereocenters. The van der Waals surface area contributed by atoms with Crippen LogP contribution in [0.2, 0.25) is 0 Å². The highest BCUT2D eigenvalue weighted by Crippen LogP contribution is 2.48. The van der Waals surface area contributed by atoms with Crippen molar-refractivity contribution >= 4 is 11.7 Å². The zero-order chi connectivity index (χ0) is 22.4. The van der Waals surface area contributed by atoms with E-state index in [1.165, 1.54) is 11.6 Å². The van der Waals surface area contributed by atoms with Crippen LogP contribution in [0.15, 0.2) is 30.3 Å². The first-order valence-corrected chi connectivity index (χ1v) is 11.0. The van der Waals surface area contributed by atoms with Crippen molar-refractivity contribution in [3.8, 4) is 11.8 Å². The lowest BCUT2D eigenvalue weighted by Crippen LogP contribution is -2.39. The lowest BCUT2D eigenvalue weighted by Gasteiger charge is -2.35. The van der Waals surface area contributed by atoms with Crippen LogP contribution in [-0.2, 0) is 22.5 Å². The van der Waals surface area contributed by atoms with Gasteiger partial charge >= 0.3 is 5.97 Å². The van der Waals surface area contributed by atoms with Crippen molar-refractivity contribution < 1.29 is 23.8 Å². The summed E-state index contributed by atoms with van der Waals surface area (Å²) >= 11 is 0. The number of hydrogen-bond acceptors (Lipinski definition) is 5. The molecule has 166 valence electrons. The van der Waals surface area contributed by atoms with E-state index in [2.05, 4.69) is 6.07 Å². The largest absolute Gasteiger partial charge is 0.490 e. The molecular formula is C25H25FN2O4. The van der Waals surface area contributed by atoms with Gasteiger partial charge < -0.3 is 19.5 Å². The van der Waals surface area contributed by atoms with Crippen LogP contribution in [0, 0.1) is 23.1 Å². The summed E-state index contributed by atoms with van der Waals surface area (Å²) in [4.78, 5) is 13.2. The van der Waals surface area contributed by atoms with Gasteiger partial charge in [0.15, 0.2) is 0 Å². The number of halogens is 1. The Hall–Kier alpha value is -3.11. The fourth-order valence-corrected chi connectivity index (χ4v) is 4.84. The topological polar surface area (TPSA) is 82.8 Å². The van der Waals surface area contributed by atoms with Crippen molar-refractivity contribution in [1.29, 1.82) is 5.26 Å². The third-order valence-corrected chi connectivity index (χ3v) is 6.96. The number of carboxylic acid groups (broad SMARTS) is 1. The summed E-state index contributed by atoms with van der Waals surface area (Å²) in [5.74, 6) is -1.03. The molecule has 0 saturated heterocycles. The molecule has 6 nitrogen and oxygen atoms in total. The average molecular weight is 436 g/mol. The molecule has 1 N–H and O–H groups in total. The molecule has 2 aromatic carbocycles. The monoisotopic (exact) mass is 436 g/mol. The second-order valence-corrected chi connectivity index (χ2v) is 8.97. The van der Waals surface area contributed by atoms with Crippen LogP contribution in [0.4, 0.5) is 10.1 Å². The Balaban J connectivity index is 1.35. The normalized spacial score (nSPS) is 26.0. The fourth-order valence-electron chi connectivity index (χ4n) is 4.84.